The Morgan fingerprint density at radius 1 is 1.55 bits per heavy atom. The van der Waals surface area contributed by atoms with Crippen LogP contribution >= 0.6 is 11.3 Å². The molecule has 1 fully saturated rings. The van der Waals surface area contributed by atoms with Gasteiger partial charge in [-0.05, 0) is 61.2 Å². The van der Waals surface area contributed by atoms with Crippen molar-refractivity contribution in [2.75, 3.05) is 19.7 Å². The summed E-state index contributed by atoms with van der Waals surface area (Å²) in [6.45, 7) is 7.57. The number of hydrogen-bond acceptors (Lipinski definition) is 4. The topological polar surface area (TPSA) is 58.6 Å². The third-order valence-electron chi connectivity index (χ3n) is 4.23. The highest BCUT2D eigenvalue weighted by Crippen LogP contribution is 2.26. The lowest BCUT2D eigenvalue weighted by Crippen LogP contribution is -2.27. The molecule has 0 radical (unpaired) electrons. The molecule has 2 N–H and O–H groups in total. The fourth-order valence-corrected chi connectivity index (χ4v) is 3.67. The standard InChI is InChI=1S/C17H27NO3S/c1-12(2)4-6-21-10-15-7-13(11-22-15)8-16(17(19)20)14-3-5-18-9-14/h7,11-12,14,16,18H,3-6,8-10H2,1-2H3,(H,19,20). The van der Waals surface area contributed by atoms with Crippen LogP contribution in [-0.2, 0) is 22.6 Å². The number of ether oxygens (including phenoxy) is 1. The summed E-state index contributed by atoms with van der Waals surface area (Å²) in [6, 6.07) is 2.11. The van der Waals surface area contributed by atoms with Gasteiger partial charge < -0.3 is 15.2 Å². The Bertz CT molecular complexity index is 466. The van der Waals surface area contributed by atoms with Gasteiger partial charge in [-0.1, -0.05) is 13.8 Å². The van der Waals surface area contributed by atoms with Crippen molar-refractivity contribution in [1.82, 2.24) is 5.32 Å². The Balaban J connectivity index is 1.83. The second-order valence-corrected chi connectivity index (χ2v) is 7.55. The minimum Gasteiger partial charge on any atom is -0.481 e. The van der Waals surface area contributed by atoms with Gasteiger partial charge in [0, 0.05) is 11.5 Å². The fourth-order valence-electron chi connectivity index (χ4n) is 2.83. The van der Waals surface area contributed by atoms with Gasteiger partial charge in [-0.15, -0.1) is 11.3 Å². The van der Waals surface area contributed by atoms with Crippen molar-refractivity contribution < 1.29 is 14.6 Å². The first kappa shape index (κ1) is 17.4. The van der Waals surface area contributed by atoms with E-state index in [0.717, 1.165) is 38.1 Å². The van der Waals surface area contributed by atoms with Crippen LogP contribution in [0, 0.1) is 17.8 Å². The zero-order valence-electron chi connectivity index (χ0n) is 13.5. The summed E-state index contributed by atoms with van der Waals surface area (Å²) in [5, 5.41) is 14.8. The van der Waals surface area contributed by atoms with Crippen molar-refractivity contribution in [1.29, 1.82) is 0 Å². The van der Waals surface area contributed by atoms with Crippen molar-refractivity contribution in [3.63, 3.8) is 0 Å². The number of nitrogens with one attached hydrogen (secondary N) is 1. The van der Waals surface area contributed by atoms with Gasteiger partial charge in [-0.2, -0.15) is 0 Å². The molecule has 2 unspecified atom stereocenters. The van der Waals surface area contributed by atoms with E-state index in [1.54, 1.807) is 11.3 Å². The van der Waals surface area contributed by atoms with E-state index in [9.17, 15) is 9.90 Å². The molecule has 1 aromatic heterocycles. The van der Waals surface area contributed by atoms with E-state index >= 15 is 0 Å². The van der Waals surface area contributed by atoms with Gasteiger partial charge in [-0.3, -0.25) is 4.79 Å². The highest BCUT2D eigenvalue weighted by Gasteiger charge is 2.30. The summed E-state index contributed by atoms with van der Waals surface area (Å²) < 4.78 is 5.68. The van der Waals surface area contributed by atoms with Crippen LogP contribution in [0.1, 0.15) is 37.1 Å². The summed E-state index contributed by atoms with van der Waals surface area (Å²) in [5.41, 5.74) is 1.13. The van der Waals surface area contributed by atoms with Crippen LogP contribution in [0.4, 0.5) is 0 Å². The lowest BCUT2D eigenvalue weighted by Gasteiger charge is -2.17. The quantitative estimate of drug-likeness (QED) is 0.685. The van der Waals surface area contributed by atoms with E-state index in [1.165, 1.54) is 4.88 Å². The molecule has 4 nitrogen and oxygen atoms in total. The molecule has 0 saturated carbocycles. The largest absolute Gasteiger partial charge is 0.481 e. The van der Waals surface area contributed by atoms with Crippen LogP contribution in [0.15, 0.2) is 11.4 Å². The Morgan fingerprint density at radius 3 is 3.00 bits per heavy atom. The molecule has 0 aromatic carbocycles. The molecular formula is C17H27NO3S. The van der Waals surface area contributed by atoms with E-state index in [1.807, 2.05) is 0 Å². The molecule has 1 aliphatic rings. The number of aliphatic carboxylic acids is 1. The minimum atomic E-state index is -0.672. The third kappa shape index (κ3) is 5.38. The SMILES string of the molecule is CC(C)CCOCc1cc(CC(C(=O)O)C2CCNC2)cs1. The summed E-state index contributed by atoms with van der Waals surface area (Å²) in [7, 11) is 0. The molecule has 1 aromatic rings. The predicted molar refractivity (Wildman–Crippen MR) is 89.2 cm³/mol. The van der Waals surface area contributed by atoms with Crippen LogP contribution in [0.25, 0.3) is 0 Å². The van der Waals surface area contributed by atoms with Gasteiger partial charge in [-0.25, -0.2) is 0 Å². The van der Waals surface area contributed by atoms with E-state index in [2.05, 4.69) is 30.6 Å². The molecule has 2 heterocycles. The van der Waals surface area contributed by atoms with Crippen LogP contribution in [0.2, 0.25) is 0 Å². The first-order valence-electron chi connectivity index (χ1n) is 8.13. The van der Waals surface area contributed by atoms with Crippen molar-refractivity contribution in [3.05, 3.63) is 21.9 Å². The highest BCUT2D eigenvalue weighted by molar-refractivity contribution is 7.10. The van der Waals surface area contributed by atoms with E-state index < -0.39 is 5.97 Å². The lowest BCUT2D eigenvalue weighted by atomic mass is 9.87. The maximum absolute atomic E-state index is 11.5. The first-order valence-corrected chi connectivity index (χ1v) is 9.01. The van der Waals surface area contributed by atoms with Crippen molar-refractivity contribution >= 4 is 17.3 Å². The van der Waals surface area contributed by atoms with Gasteiger partial charge in [0.05, 0.1) is 12.5 Å². The van der Waals surface area contributed by atoms with Gasteiger partial charge in [0.25, 0.3) is 0 Å². The van der Waals surface area contributed by atoms with Crippen LogP contribution in [0.3, 0.4) is 0 Å². The number of carboxylic acid groups (broad SMARTS) is 1. The average molecular weight is 325 g/mol. The Kier molecular flexibility index (Phi) is 6.86. The zero-order chi connectivity index (χ0) is 15.9. The molecule has 124 valence electrons. The van der Waals surface area contributed by atoms with Crippen LogP contribution in [-0.4, -0.2) is 30.8 Å². The molecule has 1 aliphatic heterocycles. The average Bonchev–Trinajstić information content (AvgIpc) is 3.12. The molecule has 0 aliphatic carbocycles. The third-order valence-corrected chi connectivity index (χ3v) is 5.19. The van der Waals surface area contributed by atoms with Crippen LogP contribution < -0.4 is 5.32 Å². The van der Waals surface area contributed by atoms with Crippen LogP contribution in [0.5, 0.6) is 0 Å². The second-order valence-electron chi connectivity index (χ2n) is 6.56. The molecule has 22 heavy (non-hydrogen) atoms. The van der Waals surface area contributed by atoms with Gasteiger partial charge >= 0.3 is 5.97 Å². The molecule has 5 heteroatoms. The second kappa shape index (κ2) is 8.65. The van der Waals surface area contributed by atoms with Gasteiger partial charge in [0.2, 0.25) is 0 Å². The summed E-state index contributed by atoms with van der Waals surface area (Å²) in [6.07, 6.45) is 2.67. The number of rotatable bonds is 9. The number of thiophene rings is 1. The number of hydrogen-bond donors (Lipinski definition) is 2. The number of carbonyl (C=O) groups is 1. The van der Waals surface area contributed by atoms with Gasteiger partial charge in [0.15, 0.2) is 0 Å². The molecule has 2 rings (SSSR count). The predicted octanol–water partition coefficient (Wildman–Crippen LogP) is 3.16. The molecule has 0 bridgehead atoms. The Morgan fingerprint density at radius 2 is 2.36 bits per heavy atom. The molecule has 0 spiro atoms. The van der Waals surface area contributed by atoms with E-state index in [0.29, 0.717) is 18.9 Å². The zero-order valence-corrected chi connectivity index (χ0v) is 14.3. The van der Waals surface area contributed by atoms with Crippen molar-refractivity contribution in [2.24, 2.45) is 17.8 Å². The molecule has 0 amide bonds. The smallest absolute Gasteiger partial charge is 0.307 e. The molecular weight excluding hydrogens is 298 g/mol. The fraction of sp³-hybridized carbons (Fsp3) is 0.706. The molecule has 1 saturated heterocycles. The summed E-state index contributed by atoms with van der Waals surface area (Å²) in [4.78, 5) is 12.7. The maximum atomic E-state index is 11.5. The summed E-state index contributed by atoms with van der Waals surface area (Å²) >= 11 is 1.67. The minimum absolute atomic E-state index is 0.253. The van der Waals surface area contributed by atoms with E-state index in [4.69, 9.17) is 4.74 Å². The lowest BCUT2D eigenvalue weighted by molar-refractivity contribution is -0.143. The summed E-state index contributed by atoms with van der Waals surface area (Å²) in [5.74, 6) is -0.0349. The van der Waals surface area contributed by atoms with E-state index in [-0.39, 0.29) is 11.8 Å². The monoisotopic (exact) mass is 325 g/mol. The highest BCUT2D eigenvalue weighted by atomic mass is 32.1. The maximum Gasteiger partial charge on any atom is 0.307 e. The normalized spacial score (nSPS) is 19.7. The Hall–Kier alpha value is -0.910. The first-order chi connectivity index (χ1) is 10.6. The Labute approximate surface area is 136 Å². The van der Waals surface area contributed by atoms with Crippen molar-refractivity contribution in [2.45, 2.75) is 39.7 Å². The molecule has 2 atom stereocenters. The van der Waals surface area contributed by atoms with Gasteiger partial charge in [0.1, 0.15) is 0 Å². The number of carboxylic acids is 1. The van der Waals surface area contributed by atoms with Crippen molar-refractivity contribution in [3.8, 4) is 0 Å².